The van der Waals surface area contributed by atoms with Crippen LogP contribution in [0.4, 0.5) is 0 Å². The quantitative estimate of drug-likeness (QED) is 0.775. The monoisotopic (exact) mass is 252 g/mol. The number of halogens is 1. The van der Waals surface area contributed by atoms with Crippen LogP contribution in [0.5, 0.6) is 0 Å². The molecule has 1 aromatic rings. The average molecular weight is 253 g/mol. The topological polar surface area (TPSA) is 32.3 Å². The molecule has 1 aliphatic rings. The zero-order chi connectivity index (χ0) is 12.5. The molecule has 1 N–H and O–H groups in total. The lowest BCUT2D eigenvalue weighted by atomic mass is 10.3. The van der Waals surface area contributed by atoms with Crippen molar-refractivity contribution in [1.29, 1.82) is 0 Å². The molecule has 0 spiro atoms. The van der Waals surface area contributed by atoms with Crippen LogP contribution in [0.1, 0.15) is 0 Å². The van der Waals surface area contributed by atoms with Gasteiger partial charge in [-0.15, -0.1) is 0 Å². The Hall–Kier alpha value is -1.32. The van der Waals surface area contributed by atoms with Crippen LogP contribution in [0.25, 0.3) is 0 Å². The van der Waals surface area contributed by atoms with Crippen molar-refractivity contribution >= 4 is 17.5 Å². The van der Waals surface area contributed by atoms with Crippen molar-refractivity contribution in [2.24, 2.45) is 0 Å². The fourth-order valence-electron chi connectivity index (χ4n) is 1.43. The molecular formula is C13H17ClN2O. The fraction of sp³-hybridized carbons (Fsp3) is 0.308. The van der Waals surface area contributed by atoms with Crippen molar-refractivity contribution in [2.45, 2.75) is 0 Å². The van der Waals surface area contributed by atoms with Crippen LogP contribution in [0.15, 0.2) is 43.0 Å². The second kappa shape index (κ2) is 7.87. The van der Waals surface area contributed by atoms with E-state index in [-0.39, 0.29) is 5.91 Å². The number of carbonyl (C=O) groups excluding carboxylic acids is 1. The lowest BCUT2D eigenvalue weighted by Crippen LogP contribution is -2.45. The molecule has 0 aromatic heterocycles. The number of rotatable bonds is 1. The summed E-state index contributed by atoms with van der Waals surface area (Å²) in [7, 11) is 0. The van der Waals surface area contributed by atoms with E-state index in [1.807, 2.05) is 30.3 Å². The predicted molar refractivity (Wildman–Crippen MR) is 71.1 cm³/mol. The van der Waals surface area contributed by atoms with Gasteiger partial charge < -0.3 is 10.2 Å². The van der Waals surface area contributed by atoms with E-state index in [0.717, 1.165) is 31.2 Å². The van der Waals surface area contributed by atoms with Crippen molar-refractivity contribution in [3.05, 3.63) is 48.0 Å². The standard InChI is InChI=1S/C7H12N2O.C6H5Cl/c1-2-7(10)9-5-3-8-4-6-9;7-6-4-2-1-3-5-6/h2,8H,1,3-6H2;1-5H. The van der Waals surface area contributed by atoms with E-state index in [4.69, 9.17) is 11.6 Å². The number of nitrogens with zero attached hydrogens (tertiary/aromatic N) is 1. The smallest absolute Gasteiger partial charge is 0.246 e. The zero-order valence-corrected chi connectivity index (χ0v) is 10.5. The molecule has 1 heterocycles. The molecule has 1 aromatic carbocycles. The minimum Gasteiger partial charge on any atom is -0.337 e. The molecule has 0 bridgehead atoms. The van der Waals surface area contributed by atoms with Crippen molar-refractivity contribution in [1.82, 2.24) is 10.2 Å². The van der Waals surface area contributed by atoms with Crippen molar-refractivity contribution in [3.8, 4) is 0 Å². The first-order valence-electron chi connectivity index (χ1n) is 5.56. The van der Waals surface area contributed by atoms with E-state index in [1.54, 1.807) is 4.90 Å². The van der Waals surface area contributed by atoms with Crippen molar-refractivity contribution in [2.75, 3.05) is 26.2 Å². The number of hydrogen-bond acceptors (Lipinski definition) is 2. The molecule has 1 amide bonds. The Labute approximate surface area is 107 Å². The molecule has 1 aliphatic heterocycles. The summed E-state index contributed by atoms with van der Waals surface area (Å²) in [6.07, 6.45) is 1.37. The van der Waals surface area contributed by atoms with Crippen LogP contribution < -0.4 is 5.32 Å². The van der Waals surface area contributed by atoms with E-state index < -0.39 is 0 Å². The summed E-state index contributed by atoms with van der Waals surface area (Å²) >= 11 is 5.54. The van der Waals surface area contributed by atoms with E-state index >= 15 is 0 Å². The highest BCUT2D eigenvalue weighted by Gasteiger charge is 2.11. The summed E-state index contributed by atoms with van der Waals surface area (Å²) in [5.41, 5.74) is 0. The van der Waals surface area contributed by atoms with Gasteiger partial charge in [-0.3, -0.25) is 4.79 Å². The molecule has 17 heavy (non-hydrogen) atoms. The van der Waals surface area contributed by atoms with Crippen molar-refractivity contribution < 1.29 is 4.79 Å². The van der Waals surface area contributed by atoms with Crippen molar-refractivity contribution in [3.63, 3.8) is 0 Å². The van der Waals surface area contributed by atoms with Crippen LogP contribution in [-0.2, 0) is 4.79 Å². The van der Waals surface area contributed by atoms with Gasteiger partial charge >= 0.3 is 0 Å². The molecule has 3 nitrogen and oxygen atoms in total. The number of carbonyl (C=O) groups is 1. The number of hydrogen-bond donors (Lipinski definition) is 1. The Balaban J connectivity index is 0.000000181. The molecule has 0 unspecified atom stereocenters. The molecule has 4 heteroatoms. The number of benzene rings is 1. The average Bonchev–Trinajstić information content (AvgIpc) is 2.40. The third-order valence-corrected chi connectivity index (χ3v) is 2.59. The highest BCUT2D eigenvalue weighted by Crippen LogP contribution is 2.03. The second-order valence-electron chi connectivity index (χ2n) is 3.57. The van der Waals surface area contributed by atoms with E-state index in [2.05, 4.69) is 11.9 Å². The first-order valence-corrected chi connectivity index (χ1v) is 5.94. The Morgan fingerprint density at radius 1 is 1.29 bits per heavy atom. The van der Waals surface area contributed by atoms with Crippen LogP contribution in [0.3, 0.4) is 0 Å². The maximum absolute atomic E-state index is 10.9. The minimum absolute atomic E-state index is 0.0431. The Bertz CT molecular complexity index is 348. The maximum Gasteiger partial charge on any atom is 0.246 e. The molecule has 2 rings (SSSR count). The highest BCUT2D eigenvalue weighted by atomic mass is 35.5. The maximum atomic E-state index is 10.9. The summed E-state index contributed by atoms with van der Waals surface area (Å²) in [5, 5.41) is 3.96. The van der Waals surface area contributed by atoms with Crippen LogP contribution in [-0.4, -0.2) is 37.0 Å². The summed E-state index contributed by atoms with van der Waals surface area (Å²) < 4.78 is 0. The summed E-state index contributed by atoms with van der Waals surface area (Å²) in [4.78, 5) is 12.7. The third-order valence-electron chi connectivity index (χ3n) is 2.34. The van der Waals surface area contributed by atoms with Gasteiger partial charge in [0.1, 0.15) is 0 Å². The van der Waals surface area contributed by atoms with Crippen LogP contribution >= 0.6 is 11.6 Å². The van der Waals surface area contributed by atoms with Gasteiger partial charge in [0.05, 0.1) is 0 Å². The molecule has 0 aliphatic carbocycles. The van der Waals surface area contributed by atoms with Gasteiger partial charge in [0.15, 0.2) is 0 Å². The highest BCUT2D eigenvalue weighted by molar-refractivity contribution is 6.30. The molecule has 1 saturated heterocycles. The molecule has 0 atom stereocenters. The van der Waals surface area contributed by atoms with Crippen LogP contribution in [0.2, 0.25) is 5.02 Å². The normalized spacial score (nSPS) is 14.5. The van der Waals surface area contributed by atoms with Gasteiger partial charge in [-0.2, -0.15) is 0 Å². The SMILES string of the molecule is C=CC(=O)N1CCNCC1.Clc1ccccc1. The Morgan fingerprint density at radius 2 is 1.88 bits per heavy atom. The van der Waals surface area contributed by atoms with E-state index in [1.165, 1.54) is 6.08 Å². The molecule has 1 fully saturated rings. The first-order chi connectivity index (χ1) is 8.24. The van der Waals surface area contributed by atoms with E-state index in [0.29, 0.717) is 0 Å². The first kappa shape index (κ1) is 13.7. The van der Waals surface area contributed by atoms with Gasteiger partial charge in [-0.05, 0) is 18.2 Å². The van der Waals surface area contributed by atoms with Gasteiger partial charge in [0.2, 0.25) is 5.91 Å². The summed E-state index contributed by atoms with van der Waals surface area (Å²) in [6, 6.07) is 9.44. The summed E-state index contributed by atoms with van der Waals surface area (Å²) in [5.74, 6) is 0.0431. The number of piperazine rings is 1. The number of nitrogens with one attached hydrogen (secondary N) is 1. The Kier molecular flexibility index (Phi) is 6.37. The predicted octanol–water partition coefficient (Wildman–Crippen LogP) is 1.94. The van der Waals surface area contributed by atoms with Gasteiger partial charge in [-0.25, -0.2) is 0 Å². The summed E-state index contributed by atoms with van der Waals surface area (Å²) in [6.45, 7) is 6.85. The van der Waals surface area contributed by atoms with E-state index in [9.17, 15) is 4.79 Å². The second-order valence-corrected chi connectivity index (χ2v) is 4.01. The lowest BCUT2D eigenvalue weighted by molar-refractivity contribution is -0.126. The third kappa shape index (κ3) is 5.52. The Morgan fingerprint density at radius 3 is 2.29 bits per heavy atom. The minimum atomic E-state index is 0.0431. The lowest BCUT2D eigenvalue weighted by Gasteiger charge is -2.25. The molecule has 92 valence electrons. The van der Waals surface area contributed by atoms with Gasteiger partial charge in [0.25, 0.3) is 0 Å². The zero-order valence-electron chi connectivity index (χ0n) is 9.73. The molecule has 0 radical (unpaired) electrons. The molecular weight excluding hydrogens is 236 g/mol. The largest absolute Gasteiger partial charge is 0.337 e. The van der Waals surface area contributed by atoms with Gasteiger partial charge in [0, 0.05) is 31.2 Å². The molecule has 0 saturated carbocycles. The number of amides is 1. The van der Waals surface area contributed by atoms with Crippen LogP contribution in [0, 0.1) is 0 Å². The fourth-order valence-corrected chi connectivity index (χ4v) is 1.57. The van der Waals surface area contributed by atoms with Gasteiger partial charge in [-0.1, -0.05) is 36.4 Å².